The number of aryl methyl sites for hydroxylation is 1. The molecule has 0 aliphatic rings. The van der Waals surface area contributed by atoms with Crippen molar-refractivity contribution in [3.63, 3.8) is 0 Å². The molecule has 0 spiro atoms. The smallest absolute Gasteiger partial charge is 0.254 e. The molecule has 1 aromatic heterocycles. The average Bonchev–Trinajstić information content (AvgIpc) is 2.38. The molecule has 0 saturated heterocycles. The Labute approximate surface area is 104 Å². The molecule has 88 valence electrons. The van der Waals surface area contributed by atoms with Crippen LogP contribution >= 0.6 is 0 Å². The number of pyridine rings is 1. The highest BCUT2D eigenvalue weighted by Crippen LogP contribution is 2.02. The van der Waals surface area contributed by atoms with Gasteiger partial charge in [0.1, 0.15) is 11.5 Å². The number of Topliss-reactive ketones (excluding diaryl/α,β-unsaturated/α-hetero) is 1. The molecule has 0 saturated carbocycles. The number of ketones is 1. The summed E-state index contributed by atoms with van der Waals surface area (Å²) in [5.41, 5.74) is 1.69. The first-order valence-electron chi connectivity index (χ1n) is 5.41. The van der Waals surface area contributed by atoms with Crippen LogP contribution in [0.4, 0.5) is 4.39 Å². The molecular weight excluding hydrogens is 229 g/mol. The van der Waals surface area contributed by atoms with E-state index in [0.29, 0.717) is 11.3 Å². The standard InChI is InChI=1S/C15H10FNO/c1-11-3-2-4-14(17-11)15(18)10-7-12-5-8-13(16)9-6-12/h2-6,8-9H,1H3. The number of aromatic nitrogens is 1. The van der Waals surface area contributed by atoms with Crippen molar-refractivity contribution in [1.29, 1.82) is 0 Å². The van der Waals surface area contributed by atoms with E-state index in [4.69, 9.17) is 0 Å². The topological polar surface area (TPSA) is 30.0 Å². The summed E-state index contributed by atoms with van der Waals surface area (Å²) in [5.74, 6) is 4.50. The van der Waals surface area contributed by atoms with Gasteiger partial charge in [-0.2, -0.15) is 0 Å². The summed E-state index contributed by atoms with van der Waals surface area (Å²) in [4.78, 5) is 15.8. The number of hydrogen-bond donors (Lipinski definition) is 0. The molecule has 0 atom stereocenters. The van der Waals surface area contributed by atoms with Crippen molar-refractivity contribution in [2.24, 2.45) is 0 Å². The van der Waals surface area contributed by atoms with E-state index in [2.05, 4.69) is 16.8 Å². The zero-order chi connectivity index (χ0) is 13.0. The van der Waals surface area contributed by atoms with Gasteiger partial charge in [0, 0.05) is 11.3 Å². The van der Waals surface area contributed by atoms with Crippen LogP contribution in [0.1, 0.15) is 21.7 Å². The fourth-order valence-electron chi connectivity index (χ4n) is 1.40. The maximum absolute atomic E-state index is 12.7. The molecule has 2 nitrogen and oxygen atoms in total. The van der Waals surface area contributed by atoms with Crippen LogP contribution in [0.2, 0.25) is 0 Å². The summed E-state index contributed by atoms with van der Waals surface area (Å²) < 4.78 is 12.7. The molecule has 3 heteroatoms. The van der Waals surface area contributed by atoms with Gasteiger partial charge in [0.05, 0.1) is 0 Å². The maximum Gasteiger partial charge on any atom is 0.254 e. The van der Waals surface area contributed by atoms with E-state index in [1.54, 1.807) is 12.1 Å². The maximum atomic E-state index is 12.7. The molecule has 0 fully saturated rings. The zero-order valence-electron chi connectivity index (χ0n) is 9.77. The van der Waals surface area contributed by atoms with Gasteiger partial charge >= 0.3 is 0 Å². The normalized spacial score (nSPS) is 9.44. The molecule has 2 rings (SSSR count). The van der Waals surface area contributed by atoms with E-state index in [1.807, 2.05) is 13.0 Å². The van der Waals surface area contributed by atoms with E-state index in [0.717, 1.165) is 5.69 Å². The van der Waals surface area contributed by atoms with E-state index in [9.17, 15) is 9.18 Å². The molecular formula is C15H10FNO. The van der Waals surface area contributed by atoms with Gasteiger partial charge in [-0.3, -0.25) is 4.79 Å². The first-order chi connectivity index (χ1) is 8.65. The summed E-state index contributed by atoms with van der Waals surface area (Å²) in [6.45, 7) is 1.81. The Bertz CT molecular complexity index is 636. The number of rotatable bonds is 1. The van der Waals surface area contributed by atoms with Crippen molar-refractivity contribution in [3.05, 3.63) is 65.2 Å². The average molecular weight is 239 g/mol. The minimum atomic E-state index is -0.344. The number of carbonyl (C=O) groups excluding carboxylic acids is 1. The minimum absolute atomic E-state index is 0.324. The summed E-state index contributed by atoms with van der Waals surface area (Å²) in [6.07, 6.45) is 0. The predicted octanol–water partition coefficient (Wildman–Crippen LogP) is 2.76. The zero-order valence-corrected chi connectivity index (χ0v) is 9.77. The van der Waals surface area contributed by atoms with Gasteiger partial charge in [-0.15, -0.1) is 0 Å². The monoisotopic (exact) mass is 239 g/mol. The Morgan fingerprint density at radius 3 is 2.56 bits per heavy atom. The lowest BCUT2D eigenvalue weighted by Crippen LogP contribution is -1.99. The number of nitrogens with zero attached hydrogens (tertiary/aromatic N) is 1. The summed E-state index contributed by atoms with van der Waals surface area (Å²) in [5, 5.41) is 0. The van der Waals surface area contributed by atoms with Crippen LogP contribution < -0.4 is 0 Å². The third kappa shape index (κ3) is 3.02. The second-order valence-electron chi connectivity index (χ2n) is 3.75. The number of carbonyl (C=O) groups is 1. The minimum Gasteiger partial charge on any atom is -0.277 e. The molecule has 0 radical (unpaired) electrons. The quantitative estimate of drug-likeness (QED) is 0.565. The van der Waals surface area contributed by atoms with Crippen LogP contribution in [-0.2, 0) is 0 Å². The number of benzene rings is 1. The summed E-state index contributed by atoms with van der Waals surface area (Å²) >= 11 is 0. The fourth-order valence-corrected chi connectivity index (χ4v) is 1.40. The van der Waals surface area contributed by atoms with Crippen molar-refractivity contribution < 1.29 is 9.18 Å². The van der Waals surface area contributed by atoms with Crippen LogP contribution in [0.15, 0.2) is 42.5 Å². The molecule has 1 heterocycles. The van der Waals surface area contributed by atoms with Crippen molar-refractivity contribution in [3.8, 4) is 11.8 Å². The van der Waals surface area contributed by atoms with Crippen LogP contribution in [0, 0.1) is 24.6 Å². The largest absolute Gasteiger partial charge is 0.277 e. The number of halogens is 1. The van der Waals surface area contributed by atoms with Crippen LogP contribution in [0.25, 0.3) is 0 Å². The second kappa shape index (κ2) is 5.24. The fraction of sp³-hybridized carbons (Fsp3) is 0.0667. The Kier molecular flexibility index (Phi) is 3.49. The molecule has 18 heavy (non-hydrogen) atoms. The lowest BCUT2D eigenvalue weighted by atomic mass is 10.2. The van der Waals surface area contributed by atoms with Gasteiger partial charge in [-0.1, -0.05) is 12.0 Å². The van der Waals surface area contributed by atoms with E-state index < -0.39 is 0 Å². The second-order valence-corrected chi connectivity index (χ2v) is 3.75. The SMILES string of the molecule is Cc1cccc(C(=O)C#Cc2ccc(F)cc2)n1. The molecule has 0 aliphatic carbocycles. The lowest BCUT2D eigenvalue weighted by Gasteiger charge is -1.94. The van der Waals surface area contributed by atoms with Gasteiger partial charge in [0.2, 0.25) is 0 Å². The summed E-state index contributed by atoms with van der Waals surface area (Å²) in [7, 11) is 0. The van der Waals surface area contributed by atoms with Gasteiger partial charge in [0.25, 0.3) is 5.78 Å². The number of hydrogen-bond acceptors (Lipinski definition) is 2. The highest BCUT2D eigenvalue weighted by atomic mass is 19.1. The highest BCUT2D eigenvalue weighted by Gasteiger charge is 2.02. The summed E-state index contributed by atoms with van der Waals surface area (Å²) in [6, 6.07) is 10.9. The molecule has 0 unspecified atom stereocenters. The van der Waals surface area contributed by atoms with Crippen molar-refractivity contribution >= 4 is 5.78 Å². The van der Waals surface area contributed by atoms with E-state index >= 15 is 0 Å². The van der Waals surface area contributed by atoms with Crippen LogP contribution in [-0.4, -0.2) is 10.8 Å². The Balaban J connectivity index is 2.20. The first-order valence-corrected chi connectivity index (χ1v) is 5.41. The van der Waals surface area contributed by atoms with E-state index in [1.165, 1.54) is 24.3 Å². The Hall–Kier alpha value is -2.47. The third-order valence-electron chi connectivity index (χ3n) is 2.29. The molecule has 0 amide bonds. The molecule has 0 aliphatic heterocycles. The highest BCUT2D eigenvalue weighted by molar-refractivity contribution is 6.07. The van der Waals surface area contributed by atoms with Gasteiger partial charge in [-0.05, 0) is 49.2 Å². The van der Waals surface area contributed by atoms with Crippen molar-refractivity contribution in [2.75, 3.05) is 0 Å². The predicted molar refractivity (Wildman–Crippen MR) is 66.6 cm³/mol. The van der Waals surface area contributed by atoms with Crippen molar-refractivity contribution in [2.45, 2.75) is 6.92 Å². The van der Waals surface area contributed by atoms with Crippen molar-refractivity contribution in [1.82, 2.24) is 4.98 Å². The molecule has 0 N–H and O–H groups in total. The first kappa shape index (κ1) is 12.0. The van der Waals surface area contributed by atoms with Crippen LogP contribution in [0.5, 0.6) is 0 Å². The van der Waals surface area contributed by atoms with E-state index in [-0.39, 0.29) is 11.6 Å². The third-order valence-corrected chi connectivity index (χ3v) is 2.29. The molecule has 2 aromatic rings. The van der Waals surface area contributed by atoms with Gasteiger partial charge < -0.3 is 0 Å². The van der Waals surface area contributed by atoms with Gasteiger partial charge in [-0.25, -0.2) is 9.37 Å². The molecule has 1 aromatic carbocycles. The molecule has 0 bridgehead atoms. The van der Waals surface area contributed by atoms with Crippen LogP contribution in [0.3, 0.4) is 0 Å². The Morgan fingerprint density at radius 1 is 1.17 bits per heavy atom. The lowest BCUT2D eigenvalue weighted by molar-refractivity contribution is 0.105. The Morgan fingerprint density at radius 2 is 1.89 bits per heavy atom. The van der Waals surface area contributed by atoms with Gasteiger partial charge in [0.15, 0.2) is 0 Å².